The summed E-state index contributed by atoms with van der Waals surface area (Å²) in [5.74, 6) is -1.20. The SMILES string of the molecule is N#Cc1c(N)n[nH]c1CCCNc1ccc(S(=O)(=O)Nc2cc(F)cc(F)c2)cn1. The Morgan fingerprint density at radius 3 is 2.57 bits per heavy atom. The summed E-state index contributed by atoms with van der Waals surface area (Å²) in [6, 6.07) is 7.16. The number of nitrogens with zero attached hydrogens (tertiary/aromatic N) is 3. The van der Waals surface area contributed by atoms with Gasteiger partial charge in [-0.15, -0.1) is 0 Å². The lowest BCUT2D eigenvalue weighted by atomic mass is 10.1. The van der Waals surface area contributed by atoms with Crippen LogP contribution in [0.3, 0.4) is 0 Å². The van der Waals surface area contributed by atoms with Gasteiger partial charge in [0.25, 0.3) is 10.0 Å². The number of H-pyrrole nitrogens is 1. The molecule has 0 bridgehead atoms. The van der Waals surface area contributed by atoms with E-state index in [0.29, 0.717) is 42.5 Å². The van der Waals surface area contributed by atoms with Crippen molar-refractivity contribution in [2.45, 2.75) is 17.7 Å². The number of nitrogen functional groups attached to an aromatic ring is 1. The van der Waals surface area contributed by atoms with Crippen molar-refractivity contribution in [3.05, 3.63) is 59.4 Å². The van der Waals surface area contributed by atoms with Crippen LogP contribution in [0.4, 0.5) is 26.1 Å². The first-order valence-corrected chi connectivity index (χ1v) is 10.2. The van der Waals surface area contributed by atoms with E-state index in [4.69, 9.17) is 11.0 Å². The van der Waals surface area contributed by atoms with E-state index >= 15 is 0 Å². The van der Waals surface area contributed by atoms with Gasteiger partial charge in [0.1, 0.15) is 34.0 Å². The zero-order valence-electron chi connectivity index (χ0n) is 15.5. The summed E-state index contributed by atoms with van der Waals surface area (Å²) in [5, 5.41) is 18.6. The highest BCUT2D eigenvalue weighted by atomic mass is 32.2. The average Bonchev–Trinajstić information content (AvgIpc) is 3.04. The maximum atomic E-state index is 13.2. The van der Waals surface area contributed by atoms with Crippen LogP contribution in [0, 0.1) is 23.0 Å². The second kappa shape index (κ2) is 8.75. The number of nitrogens with two attached hydrogens (primary N) is 1. The molecule has 1 aromatic carbocycles. The zero-order valence-corrected chi connectivity index (χ0v) is 16.3. The van der Waals surface area contributed by atoms with Crippen molar-refractivity contribution in [3.8, 4) is 6.07 Å². The Bertz CT molecular complexity index is 1170. The molecule has 0 amide bonds. The van der Waals surface area contributed by atoms with E-state index in [9.17, 15) is 17.2 Å². The first-order valence-electron chi connectivity index (χ1n) is 8.70. The van der Waals surface area contributed by atoms with Gasteiger partial charge in [-0.25, -0.2) is 22.2 Å². The predicted octanol–water partition coefficient (Wildman–Crippen LogP) is 2.38. The average molecular weight is 433 g/mol. The van der Waals surface area contributed by atoms with Crippen LogP contribution in [0.2, 0.25) is 0 Å². The Labute approximate surface area is 171 Å². The molecule has 0 saturated heterocycles. The van der Waals surface area contributed by atoms with Crippen LogP contribution >= 0.6 is 0 Å². The molecule has 0 aliphatic heterocycles. The van der Waals surface area contributed by atoms with Crippen molar-refractivity contribution in [2.24, 2.45) is 0 Å². The summed E-state index contributed by atoms with van der Waals surface area (Å²) in [7, 11) is -4.06. The second-order valence-corrected chi connectivity index (χ2v) is 7.93. The Morgan fingerprint density at radius 2 is 1.93 bits per heavy atom. The van der Waals surface area contributed by atoms with Crippen LogP contribution in [0.25, 0.3) is 0 Å². The topological polar surface area (TPSA) is 150 Å². The molecule has 0 unspecified atom stereocenters. The first kappa shape index (κ1) is 21.0. The molecule has 12 heteroatoms. The van der Waals surface area contributed by atoms with Crippen LogP contribution < -0.4 is 15.8 Å². The van der Waals surface area contributed by atoms with Gasteiger partial charge in [0, 0.05) is 18.8 Å². The van der Waals surface area contributed by atoms with Crippen molar-refractivity contribution < 1.29 is 17.2 Å². The molecule has 3 aromatic rings. The van der Waals surface area contributed by atoms with E-state index in [1.54, 1.807) is 0 Å². The number of sulfonamides is 1. The number of nitrogens with one attached hydrogen (secondary N) is 3. The standard InChI is InChI=1S/C18H17F2N7O2S/c19-11-6-12(20)8-13(7-11)27-30(28,29)14-3-4-17(24-10-14)23-5-1-2-16-15(9-21)18(22)26-25-16/h3-4,6-8,10,27H,1-2,5H2,(H,23,24)(H3,22,25,26). The van der Waals surface area contributed by atoms with Crippen molar-refractivity contribution in [3.63, 3.8) is 0 Å². The molecule has 0 spiro atoms. The minimum Gasteiger partial charge on any atom is -0.381 e. The molecule has 9 nitrogen and oxygen atoms in total. The van der Waals surface area contributed by atoms with E-state index in [2.05, 4.69) is 25.2 Å². The molecule has 0 aliphatic carbocycles. The molecule has 5 N–H and O–H groups in total. The highest BCUT2D eigenvalue weighted by molar-refractivity contribution is 7.92. The van der Waals surface area contributed by atoms with E-state index < -0.39 is 21.7 Å². The van der Waals surface area contributed by atoms with E-state index in [1.165, 1.54) is 12.1 Å². The zero-order chi connectivity index (χ0) is 21.7. The van der Waals surface area contributed by atoms with Gasteiger partial charge >= 0.3 is 0 Å². The molecule has 2 heterocycles. The maximum absolute atomic E-state index is 13.2. The van der Waals surface area contributed by atoms with Gasteiger partial charge in [-0.3, -0.25) is 9.82 Å². The van der Waals surface area contributed by atoms with Crippen LogP contribution in [-0.2, 0) is 16.4 Å². The second-order valence-electron chi connectivity index (χ2n) is 6.25. The third-order valence-electron chi connectivity index (χ3n) is 4.05. The lowest BCUT2D eigenvalue weighted by Gasteiger charge is -2.09. The quantitative estimate of drug-likeness (QED) is 0.398. The third kappa shape index (κ3) is 5.00. The number of benzene rings is 1. The number of hydrogen-bond donors (Lipinski definition) is 4. The van der Waals surface area contributed by atoms with E-state index in [-0.39, 0.29) is 16.4 Å². The summed E-state index contributed by atoms with van der Waals surface area (Å²) < 4.78 is 53.3. The molecule has 0 aliphatic rings. The number of pyridine rings is 1. The number of halogens is 2. The number of aromatic amines is 1. The molecule has 156 valence electrons. The highest BCUT2D eigenvalue weighted by Crippen LogP contribution is 2.19. The minimum atomic E-state index is -4.06. The normalized spacial score (nSPS) is 11.1. The van der Waals surface area contributed by atoms with E-state index in [0.717, 1.165) is 18.3 Å². The van der Waals surface area contributed by atoms with Gasteiger partial charge in [0.2, 0.25) is 0 Å². The first-order chi connectivity index (χ1) is 14.3. The number of hydrogen-bond acceptors (Lipinski definition) is 7. The van der Waals surface area contributed by atoms with Crippen molar-refractivity contribution in [1.29, 1.82) is 5.26 Å². The molecular formula is C18H17F2N7O2S. The molecule has 30 heavy (non-hydrogen) atoms. The van der Waals surface area contributed by atoms with Gasteiger partial charge < -0.3 is 11.1 Å². The van der Waals surface area contributed by atoms with E-state index in [1.807, 2.05) is 6.07 Å². The Hall–Kier alpha value is -3.72. The van der Waals surface area contributed by atoms with Gasteiger partial charge in [-0.1, -0.05) is 0 Å². The molecule has 3 rings (SSSR count). The monoisotopic (exact) mass is 433 g/mol. The number of aromatic nitrogens is 3. The lowest BCUT2D eigenvalue weighted by Crippen LogP contribution is -2.14. The number of aryl methyl sites for hydroxylation is 1. The molecule has 0 atom stereocenters. The molecular weight excluding hydrogens is 416 g/mol. The molecule has 0 fully saturated rings. The van der Waals surface area contributed by atoms with Crippen LogP contribution in [-0.4, -0.2) is 30.1 Å². The van der Waals surface area contributed by atoms with Gasteiger partial charge in [0.05, 0.1) is 11.4 Å². The number of nitriles is 1. The highest BCUT2D eigenvalue weighted by Gasteiger charge is 2.16. The van der Waals surface area contributed by atoms with Gasteiger partial charge in [0.15, 0.2) is 5.82 Å². The summed E-state index contributed by atoms with van der Waals surface area (Å²) in [6.07, 6.45) is 2.31. The predicted molar refractivity (Wildman–Crippen MR) is 106 cm³/mol. The van der Waals surface area contributed by atoms with Crippen molar-refractivity contribution in [1.82, 2.24) is 15.2 Å². The minimum absolute atomic E-state index is 0.161. The lowest BCUT2D eigenvalue weighted by molar-refractivity contribution is 0.584. The third-order valence-corrected chi connectivity index (χ3v) is 5.42. The smallest absolute Gasteiger partial charge is 0.263 e. The fourth-order valence-electron chi connectivity index (χ4n) is 2.65. The summed E-state index contributed by atoms with van der Waals surface area (Å²) >= 11 is 0. The van der Waals surface area contributed by atoms with Crippen molar-refractivity contribution in [2.75, 3.05) is 22.3 Å². The number of anilines is 3. The van der Waals surface area contributed by atoms with Crippen molar-refractivity contribution >= 4 is 27.3 Å². The van der Waals surface area contributed by atoms with Gasteiger partial charge in [-0.2, -0.15) is 10.4 Å². The fourth-order valence-corrected chi connectivity index (χ4v) is 3.64. The summed E-state index contributed by atoms with van der Waals surface area (Å²) in [6.45, 7) is 0.504. The van der Waals surface area contributed by atoms with Crippen LogP contribution in [0.5, 0.6) is 0 Å². The maximum Gasteiger partial charge on any atom is 0.263 e. The molecule has 0 saturated carbocycles. The largest absolute Gasteiger partial charge is 0.381 e. The summed E-state index contributed by atoms with van der Waals surface area (Å²) in [5.41, 5.74) is 6.32. The Balaban J connectivity index is 1.57. The Morgan fingerprint density at radius 1 is 1.20 bits per heavy atom. The Kier molecular flexibility index (Phi) is 6.12. The fraction of sp³-hybridized carbons (Fsp3) is 0.167. The van der Waals surface area contributed by atoms with Crippen LogP contribution in [0.1, 0.15) is 17.7 Å². The molecule has 2 aromatic heterocycles. The molecule has 0 radical (unpaired) electrons. The number of rotatable bonds is 8. The van der Waals surface area contributed by atoms with Gasteiger partial charge in [-0.05, 0) is 37.1 Å². The summed E-state index contributed by atoms with van der Waals surface area (Å²) in [4.78, 5) is 3.87. The van der Waals surface area contributed by atoms with Crippen LogP contribution in [0.15, 0.2) is 41.4 Å².